The zero-order chi connectivity index (χ0) is 28.7. The van der Waals surface area contributed by atoms with Crippen molar-refractivity contribution >= 4 is 36.2 Å². The van der Waals surface area contributed by atoms with Crippen molar-refractivity contribution in [2.24, 2.45) is 0 Å². The molecular weight excluding hydrogens is 506 g/mol. The summed E-state index contributed by atoms with van der Waals surface area (Å²) in [6, 6.07) is 10.8. The van der Waals surface area contributed by atoms with Crippen LogP contribution >= 0.6 is 12.6 Å². The second kappa shape index (κ2) is 12.9. The first-order chi connectivity index (χ1) is 17.7. The van der Waals surface area contributed by atoms with Crippen LogP contribution in [0.25, 0.3) is 0 Å². The molecule has 0 saturated heterocycles. The number of hydrogen-bond donors (Lipinski definition) is 4. The number of aromatic hydroxyl groups is 1. The molecule has 0 saturated carbocycles. The highest BCUT2D eigenvalue weighted by molar-refractivity contribution is 7.80. The van der Waals surface area contributed by atoms with E-state index in [1.807, 2.05) is 20.8 Å². The first-order valence-electron chi connectivity index (χ1n) is 12.4. The molecule has 2 rings (SSSR count). The van der Waals surface area contributed by atoms with Gasteiger partial charge in [-0.15, -0.1) is 0 Å². The normalized spacial score (nSPS) is 13.2. The van der Waals surface area contributed by atoms with E-state index in [0.717, 1.165) is 0 Å². The van der Waals surface area contributed by atoms with Crippen LogP contribution in [0, 0.1) is 0 Å². The molecule has 3 N–H and O–H groups in total. The molecule has 0 aliphatic rings. The maximum Gasteiger partial charge on any atom is 0.408 e. The molecule has 0 aromatic heterocycles. The number of hydrogen-bond acceptors (Lipinski definition) is 7. The maximum atomic E-state index is 14.1. The fourth-order valence-corrected chi connectivity index (χ4v) is 4.00. The van der Waals surface area contributed by atoms with E-state index in [2.05, 4.69) is 23.3 Å². The number of phenols is 1. The molecule has 3 amide bonds. The molecule has 0 fully saturated rings. The molecule has 0 bridgehead atoms. The van der Waals surface area contributed by atoms with Gasteiger partial charge in [0.25, 0.3) is 5.91 Å². The van der Waals surface area contributed by atoms with E-state index in [4.69, 9.17) is 9.47 Å². The van der Waals surface area contributed by atoms with Gasteiger partial charge in [0, 0.05) is 22.5 Å². The number of rotatable bonds is 10. The van der Waals surface area contributed by atoms with Crippen LogP contribution in [0.4, 0.5) is 10.5 Å². The van der Waals surface area contributed by atoms with Crippen molar-refractivity contribution in [1.29, 1.82) is 0 Å². The number of phenolic OH excluding ortho intramolecular Hbond substituents is 1. The zero-order valence-electron chi connectivity index (χ0n) is 23.1. The monoisotopic (exact) mass is 545 g/mol. The molecule has 9 nitrogen and oxygen atoms in total. The van der Waals surface area contributed by atoms with Crippen LogP contribution in [0.5, 0.6) is 11.5 Å². The highest BCUT2D eigenvalue weighted by Gasteiger charge is 2.43. The van der Waals surface area contributed by atoms with Gasteiger partial charge in [-0.2, -0.15) is 12.6 Å². The smallest absolute Gasteiger partial charge is 0.408 e. The van der Waals surface area contributed by atoms with Gasteiger partial charge in [-0.1, -0.05) is 25.1 Å². The fourth-order valence-electron chi connectivity index (χ4n) is 3.75. The van der Waals surface area contributed by atoms with Gasteiger partial charge in [0.2, 0.25) is 5.91 Å². The number of nitrogens with one attached hydrogen (secondary N) is 2. The summed E-state index contributed by atoms with van der Waals surface area (Å²) >= 11 is 4.31. The molecule has 2 aromatic rings. The lowest BCUT2D eigenvalue weighted by Gasteiger charge is -2.44. The number of anilines is 1. The van der Waals surface area contributed by atoms with Crippen LogP contribution in [0.1, 0.15) is 59.6 Å². The first kappa shape index (κ1) is 30.8. The van der Waals surface area contributed by atoms with Crippen molar-refractivity contribution in [1.82, 2.24) is 10.2 Å². The van der Waals surface area contributed by atoms with E-state index >= 15 is 0 Å². The standard InChI is InChI=1S/C28H39N3O6S/c1-8-28(5,6)31(25(34)21(17-38)30-26(35)37-27(2,3)4)23(20-11-9-10-12-22(20)32)24(33)29-18-13-15-19(36-7)16-14-18/h9-16,21,23,32,38H,8,17H2,1-7H3,(H,29,33)(H,30,35). The van der Waals surface area contributed by atoms with Gasteiger partial charge in [0.1, 0.15) is 29.2 Å². The Morgan fingerprint density at radius 2 is 1.63 bits per heavy atom. The van der Waals surface area contributed by atoms with Crippen molar-refractivity contribution in [2.45, 2.75) is 71.2 Å². The van der Waals surface area contributed by atoms with E-state index in [1.54, 1.807) is 70.3 Å². The van der Waals surface area contributed by atoms with E-state index in [-0.39, 0.29) is 17.1 Å². The molecule has 0 spiro atoms. The predicted molar refractivity (Wildman–Crippen MR) is 151 cm³/mol. The third-order valence-corrected chi connectivity index (χ3v) is 6.39. The first-order valence-corrected chi connectivity index (χ1v) is 13.0. The van der Waals surface area contributed by atoms with Crippen LogP contribution in [-0.4, -0.2) is 58.0 Å². The molecule has 0 aliphatic carbocycles. The predicted octanol–water partition coefficient (Wildman–Crippen LogP) is 4.92. The van der Waals surface area contributed by atoms with Crippen LogP contribution in [-0.2, 0) is 14.3 Å². The summed E-state index contributed by atoms with van der Waals surface area (Å²) in [5, 5.41) is 16.2. The van der Waals surface area contributed by atoms with Gasteiger partial charge in [-0.3, -0.25) is 9.59 Å². The van der Waals surface area contributed by atoms with Crippen LogP contribution in [0.3, 0.4) is 0 Å². The number of alkyl carbamates (subject to hydrolysis) is 1. The molecule has 208 valence electrons. The Labute approximate surface area is 230 Å². The lowest BCUT2D eigenvalue weighted by molar-refractivity contribution is -0.147. The van der Waals surface area contributed by atoms with Crippen LogP contribution in [0.2, 0.25) is 0 Å². The average Bonchev–Trinajstić information content (AvgIpc) is 2.85. The number of carbonyl (C=O) groups is 3. The summed E-state index contributed by atoms with van der Waals surface area (Å²) in [4.78, 5) is 41.9. The summed E-state index contributed by atoms with van der Waals surface area (Å²) in [5.41, 5.74) is -0.912. The number of methoxy groups -OCH3 is 1. The Morgan fingerprint density at radius 3 is 2.13 bits per heavy atom. The summed E-state index contributed by atoms with van der Waals surface area (Å²) < 4.78 is 10.5. The molecule has 2 unspecified atom stereocenters. The van der Waals surface area contributed by atoms with Crippen molar-refractivity contribution < 1.29 is 29.0 Å². The summed E-state index contributed by atoms with van der Waals surface area (Å²) in [6.07, 6.45) is -0.300. The Kier molecular flexibility index (Phi) is 10.5. The summed E-state index contributed by atoms with van der Waals surface area (Å²) in [5.74, 6) is -0.650. The van der Waals surface area contributed by atoms with Gasteiger partial charge in [0.05, 0.1) is 7.11 Å². The van der Waals surface area contributed by atoms with E-state index in [1.165, 1.54) is 11.0 Å². The Morgan fingerprint density at radius 1 is 1.03 bits per heavy atom. The van der Waals surface area contributed by atoms with Gasteiger partial charge in [0.15, 0.2) is 0 Å². The van der Waals surface area contributed by atoms with Crippen molar-refractivity contribution in [3.8, 4) is 11.5 Å². The van der Waals surface area contributed by atoms with Gasteiger partial charge >= 0.3 is 6.09 Å². The van der Waals surface area contributed by atoms with E-state index in [0.29, 0.717) is 17.9 Å². The zero-order valence-corrected chi connectivity index (χ0v) is 24.0. The Hall–Kier alpha value is -3.40. The van der Waals surface area contributed by atoms with E-state index < -0.39 is 41.1 Å². The van der Waals surface area contributed by atoms with Gasteiger partial charge < -0.3 is 30.1 Å². The van der Waals surface area contributed by atoms with E-state index in [9.17, 15) is 19.5 Å². The lowest BCUT2D eigenvalue weighted by Crippen LogP contribution is -2.59. The van der Waals surface area contributed by atoms with Gasteiger partial charge in [-0.25, -0.2) is 4.79 Å². The molecule has 0 heterocycles. The number of para-hydroxylation sites is 1. The minimum absolute atomic E-state index is 0.0397. The highest BCUT2D eigenvalue weighted by Crippen LogP contribution is 2.36. The second-order valence-corrected chi connectivity index (χ2v) is 10.8. The third kappa shape index (κ3) is 8.05. The molecule has 2 atom stereocenters. The number of thiol groups is 1. The fraction of sp³-hybridized carbons (Fsp3) is 0.464. The summed E-state index contributed by atoms with van der Waals surface area (Å²) in [6.45, 7) is 10.7. The highest BCUT2D eigenvalue weighted by atomic mass is 32.1. The SMILES string of the molecule is CCC(C)(C)N(C(=O)C(CS)NC(=O)OC(C)(C)C)C(C(=O)Nc1ccc(OC)cc1)c1ccccc1O. The molecule has 0 aliphatic heterocycles. The van der Waals surface area contributed by atoms with Crippen molar-refractivity contribution in [2.75, 3.05) is 18.2 Å². The quantitative estimate of drug-likeness (QED) is 0.315. The average molecular weight is 546 g/mol. The van der Waals surface area contributed by atoms with Crippen LogP contribution in [0.15, 0.2) is 48.5 Å². The molecule has 10 heteroatoms. The Balaban J connectivity index is 2.57. The van der Waals surface area contributed by atoms with Crippen LogP contribution < -0.4 is 15.4 Å². The number of amides is 3. The Bertz CT molecular complexity index is 1110. The summed E-state index contributed by atoms with van der Waals surface area (Å²) in [7, 11) is 1.54. The number of nitrogens with zero attached hydrogens (tertiary/aromatic N) is 1. The second-order valence-electron chi connectivity index (χ2n) is 10.4. The minimum Gasteiger partial charge on any atom is -0.508 e. The van der Waals surface area contributed by atoms with Crippen molar-refractivity contribution in [3.05, 3.63) is 54.1 Å². The molecule has 38 heavy (non-hydrogen) atoms. The molecule has 0 radical (unpaired) electrons. The lowest BCUT2D eigenvalue weighted by atomic mass is 9.91. The topological polar surface area (TPSA) is 117 Å². The van der Waals surface area contributed by atoms with Crippen molar-refractivity contribution in [3.63, 3.8) is 0 Å². The maximum absolute atomic E-state index is 14.1. The number of benzene rings is 2. The molecule has 2 aromatic carbocycles. The number of ether oxygens (including phenoxy) is 2. The number of carbonyl (C=O) groups excluding carboxylic acids is 3. The van der Waals surface area contributed by atoms with Gasteiger partial charge in [-0.05, 0) is 71.4 Å². The largest absolute Gasteiger partial charge is 0.508 e. The minimum atomic E-state index is -1.23. The third-order valence-electron chi connectivity index (χ3n) is 6.02. The molecular formula is C28H39N3O6S.